The summed E-state index contributed by atoms with van der Waals surface area (Å²) >= 11 is 1.58. The molecule has 3 aromatic rings. The Morgan fingerprint density at radius 1 is 1.19 bits per heavy atom. The molecule has 0 aliphatic heterocycles. The van der Waals surface area contributed by atoms with Crippen LogP contribution in [0.25, 0.3) is 11.3 Å². The number of nitrogens with zero attached hydrogens (tertiary/aromatic N) is 1. The Balaban J connectivity index is 1.64. The van der Waals surface area contributed by atoms with E-state index in [9.17, 15) is 14.3 Å². The van der Waals surface area contributed by atoms with Crippen molar-refractivity contribution in [3.8, 4) is 17.0 Å². The Kier molecular flexibility index (Phi) is 5.63. The van der Waals surface area contributed by atoms with Gasteiger partial charge < -0.3 is 9.84 Å². The molecule has 0 bridgehead atoms. The lowest BCUT2D eigenvalue weighted by Crippen LogP contribution is -2.27. The fourth-order valence-corrected chi connectivity index (χ4v) is 3.17. The van der Waals surface area contributed by atoms with Crippen LogP contribution in [0.5, 0.6) is 5.75 Å². The van der Waals surface area contributed by atoms with E-state index in [1.165, 1.54) is 12.1 Å². The molecule has 1 aromatic heterocycles. The SMILES string of the molecule is Cc1nc(-c2ccc(OC(CCc3ccc(F)cc3)C(=O)O)cc2)cs1. The summed E-state index contributed by atoms with van der Waals surface area (Å²) in [7, 11) is 0. The van der Waals surface area contributed by atoms with Crippen LogP contribution in [0.4, 0.5) is 4.39 Å². The second-order valence-corrected chi connectivity index (χ2v) is 6.95. The molecule has 134 valence electrons. The maximum Gasteiger partial charge on any atom is 0.344 e. The number of aryl methyl sites for hydroxylation is 2. The first-order valence-electron chi connectivity index (χ1n) is 8.18. The largest absolute Gasteiger partial charge is 0.479 e. The Hall–Kier alpha value is -2.73. The Bertz CT molecular complexity index is 875. The zero-order valence-corrected chi connectivity index (χ0v) is 15.0. The van der Waals surface area contributed by atoms with Crippen LogP contribution in [0.1, 0.15) is 17.0 Å². The third-order valence-corrected chi connectivity index (χ3v) is 4.70. The third-order valence-electron chi connectivity index (χ3n) is 3.93. The molecule has 4 nitrogen and oxygen atoms in total. The minimum atomic E-state index is -1.02. The van der Waals surface area contributed by atoms with Gasteiger partial charge in [-0.25, -0.2) is 14.2 Å². The van der Waals surface area contributed by atoms with Crippen LogP contribution in [0, 0.1) is 12.7 Å². The first-order chi connectivity index (χ1) is 12.5. The molecule has 1 N–H and O–H groups in total. The number of carbonyl (C=O) groups is 1. The zero-order valence-electron chi connectivity index (χ0n) is 14.2. The molecule has 0 saturated heterocycles. The number of rotatable bonds is 7. The monoisotopic (exact) mass is 371 g/mol. The summed E-state index contributed by atoms with van der Waals surface area (Å²) in [6, 6.07) is 13.3. The minimum absolute atomic E-state index is 0.300. The standard InChI is InChI=1S/C20H18FNO3S/c1-13-22-18(12-26-13)15-5-9-17(10-6-15)25-19(20(23)24)11-4-14-2-7-16(21)8-3-14/h2-3,5-10,12,19H,4,11H2,1H3,(H,23,24). The number of hydrogen-bond donors (Lipinski definition) is 1. The van der Waals surface area contributed by atoms with Crippen LogP contribution in [0.15, 0.2) is 53.9 Å². The molecule has 0 amide bonds. The molecule has 1 unspecified atom stereocenters. The van der Waals surface area contributed by atoms with E-state index >= 15 is 0 Å². The fraction of sp³-hybridized carbons (Fsp3) is 0.200. The summed E-state index contributed by atoms with van der Waals surface area (Å²) in [6.07, 6.45) is -0.172. The number of carboxylic acid groups (broad SMARTS) is 1. The van der Waals surface area contributed by atoms with Gasteiger partial charge >= 0.3 is 5.97 Å². The van der Waals surface area contributed by atoms with Crippen molar-refractivity contribution < 1.29 is 19.0 Å². The van der Waals surface area contributed by atoms with Gasteiger partial charge in [-0.3, -0.25) is 0 Å². The van der Waals surface area contributed by atoms with Crippen molar-refractivity contribution in [2.75, 3.05) is 0 Å². The van der Waals surface area contributed by atoms with E-state index < -0.39 is 12.1 Å². The number of thiazole rings is 1. The van der Waals surface area contributed by atoms with Gasteiger partial charge in [0, 0.05) is 10.9 Å². The average Bonchev–Trinajstić information content (AvgIpc) is 3.06. The van der Waals surface area contributed by atoms with Crippen molar-refractivity contribution >= 4 is 17.3 Å². The van der Waals surface area contributed by atoms with Gasteiger partial charge in [-0.2, -0.15) is 0 Å². The van der Waals surface area contributed by atoms with Crippen LogP contribution in [-0.2, 0) is 11.2 Å². The molecule has 6 heteroatoms. The van der Waals surface area contributed by atoms with Crippen LogP contribution in [0.3, 0.4) is 0 Å². The van der Waals surface area contributed by atoms with E-state index in [2.05, 4.69) is 4.98 Å². The molecular formula is C20H18FNO3S. The van der Waals surface area contributed by atoms with Crippen LogP contribution in [0.2, 0.25) is 0 Å². The fourth-order valence-electron chi connectivity index (χ4n) is 2.55. The van der Waals surface area contributed by atoms with Gasteiger partial charge in [0.2, 0.25) is 0 Å². The first kappa shape index (κ1) is 18.1. The van der Waals surface area contributed by atoms with Gasteiger partial charge in [-0.1, -0.05) is 12.1 Å². The van der Waals surface area contributed by atoms with Crippen molar-refractivity contribution in [2.45, 2.75) is 25.9 Å². The lowest BCUT2D eigenvalue weighted by Gasteiger charge is -2.15. The van der Waals surface area contributed by atoms with Gasteiger partial charge in [-0.05, 0) is 61.7 Å². The topological polar surface area (TPSA) is 59.4 Å². The molecule has 2 aromatic carbocycles. The maximum atomic E-state index is 12.9. The number of halogens is 1. The van der Waals surface area contributed by atoms with E-state index in [0.717, 1.165) is 21.8 Å². The smallest absolute Gasteiger partial charge is 0.344 e. The molecule has 1 heterocycles. The second kappa shape index (κ2) is 8.10. The van der Waals surface area contributed by atoms with Crippen molar-refractivity contribution in [3.63, 3.8) is 0 Å². The molecule has 0 spiro atoms. The number of ether oxygens (including phenoxy) is 1. The normalized spacial score (nSPS) is 11.9. The number of benzene rings is 2. The number of carboxylic acids is 1. The lowest BCUT2D eigenvalue weighted by molar-refractivity contribution is -0.145. The first-order valence-corrected chi connectivity index (χ1v) is 9.06. The average molecular weight is 371 g/mol. The van der Waals surface area contributed by atoms with Gasteiger partial charge in [0.05, 0.1) is 10.7 Å². The molecule has 0 fully saturated rings. The molecule has 3 rings (SSSR count). The highest BCUT2D eigenvalue weighted by Crippen LogP contribution is 2.24. The van der Waals surface area contributed by atoms with Crippen molar-refractivity contribution in [3.05, 3.63) is 70.3 Å². The van der Waals surface area contributed by atoms with Crippen molar-refractivity contribution in [2.24, 2.45) is 0 Å². The van der Waals surface area contributed by atoms with Crippen LogP contribution in [-0.4, -0.2) is 22.2 Å². The maximum absolute atomic E-state index is 12.9. The summed E-state index contributed by atoms with van der Waals surface area (Å²) in [5, 5.41) is 12.4. The molecule has 0 saturated carbocycles. The zero-order chi connectivity index (χ0) is 18.5. The lowest BCUT2D eigenvalue weighted by atomic mass is 10.1. The number of aromatic nitrogens is 1. The van der Waals surface area contributed by atoms with E-state index in [1.807, 2.05) is 24.4 Å². The van der Waals surface area contributed by atoms with Gasteiger partial charge in [0.15, 0.2) is 6.10 Å². The predicted molar refractivity (Wildman–Crippen MR) is 99.1 cm³/mol. The number of hydrogen-bond acceptors (Lipinski definition) is 4. The van der Waals surface area contributed by atoms with E-state index in [0.29, 0.717) is 18.6 Å². The van der Waals surface area contributed by atoms with Crippen LogP contribution < -0.4 is 4.74 Å². The molecule has 0 aliphatic rings. The second-order valence-electron chi connectivity index (χ2n) is 5.89. The van der Waals surface area contributed by atoms with E-state index in [-0.39, 0.29) is 5.82 Å². The summed E-state index contributed by atoms with van der Waals surface area (Å²) in [6.45, 7) is 1.95. The highest BCUT2D eigenvalue weighted by Gasteiger charge is 2.19. The molecule has 26 heavy (non-hydrogen) atoms. The van der Waals surface area contributed by atoms with Gasteiger partial charge in [0.1, 0.15) is 11.6 Å². The van der Waals surface area contributed by atoms with Crippen molar-refractivity contribution in [1.29, 1.82) is 0 Å². The highest BCUT2D eigenvalue weighted by atomic mass is 32.1. The molecule has 0 radical (unpaired) electrons. The highest BCUT2D eigenvalue weighted by molar-refractivity contribution is 7.09. The van der Waals surface area contributed by atoms with Crippen LogP contribution >= 0.6 is 11.3 Å². The number of aliphatic carboxylic acids is 1. The molecular weight excluding hydrogens is 353 g/mol. The summed E-state index contributed by atoms with van der Waals surface area (Å²) < 4.78 is 18.6. The summed E-state index contributed by atoms with van der Waals surface area (Å²) in [4.78, 5) is 15.9. The Morgan fingerprint density at radius 3 is 2.46 bits per heavy atom. The Morgan fingerprint density at radius 2 is 1.88 bits per heavy atom. The van der Waals surface area contributed by atoms with Gasteiger partial charge in [0.25, 0.3) is 0 Å². The quantitative estimate of drug-likeness (QED) is 0.653. The predicted octanol–water partition coefficient (Wildman–Crippen LogP) is 4.72. The summed E-state index contributed by atoms with van der Waals surface area (Å²) in [5.41, 5.74) is 2.72. The molecule has 0 aliphatic carbocycles. The molecule has 1 atom stereocenters. The van der Waals surface area contributed by atoms with E-state index in [4.69, 9.17) is 4.74 Å². The third kappa shape index (κ3) is 4.67. The van der Waals surface area contributed by atoms with E-state index in [1.54, 1.807) is 35.6 Å². The van der Waals surface area contributed by atoms with Crippen molar-refractivity contribution in [1.82, 2.24) is 4.98 Å². The minimum Gasteiger partial charge on any atom is -0.479 e. The van der Waals surface area contributed by atoms with Gasteiger partial charge in [-0.15, -0.1) is 11.3 Å². The summed E-state index contributed by atoms with van der Waals surface area (Å²) in [5.74, 6) is -0.839. The Labute approximate surface area is 154 Å².